The molecule has 2 fully saturated rings. The van der Waals surface area contributed by atoms with E-state index < -0.39 is 0 Å². The number of aromatic amines is 1. The Morgan fingerprint density at radius 2 is 1.77 bits per heavy atom. The maximum atomic E-state index is 13.4. The zero-order chi connectivity index (χ0) is 27.7. The van der Waals surface area contributed by atoms with Crippen LogP contribution in [0.15, 0.2) is 42.6 Å². The first-order chi connectivity index (χ1) is 18.7. The number of hydrogen-bond acceptors (Lipinski definition) is 6. The number of piperazine rings is 2. The van der Waals surface area contributed by atoms with Gasteiger partial charge in [0.15, 0.2) is 5.82 Å². The van der Waals surface area contributed by atoms with Crippen molar-refractivity contribution in [1.82, 2.24) is 24.7 Å². The van der Waals surface area contributed by atoms with Gasteiger partial charge in [-0.15, -0.1) is 0 Å². The number of urea groups is 1. The number of amides is 3. The number of nitrogens with one attached hydrogen (secondary N) is 2. The predicted molar refractivity (Wildman–Crippen MR) is 157 cm³/mol. The van der Waals surface area contributed by atoms with Crippen molar-refractivity contribution in [3.8, 4) is 0 Å². The van der Waals surface area contributed by atoms with Crippen molar-refractivity contribution >= 4 is 40.0 Å². The normalized spacial score (nSPS) is 20.4. The van der Waals surface area contributed by atoms with Gasteiger partial charge in [-0.05, 0) is 64.2 Å². The Kier molecular flexibility index (Phi) is 7.65. The van der Waals surface area contributed by atoms with E-state index in [-0.39, 0.29) is 11.9 Å². The average Bonchev–Trinajstić information content (AvgIpc) is 3.38. The predicted octanol–water partition coefficient (Wildman–Crippen LogP) is 3.54. The van der Waals surface area contributed by atoms with Gasteiger partial charge in [-0.3, -0.25) is 9.69 Å². The fourth-order valence-electron chi connectivity index (χ4n) is 5.49. The first kappa shape index (κ1) is 26.8. The van der Waals surface area contributed by atoms with Crippen LogP contribution < -0.4 is 15.1 Å². The van der Waals surface area contributed by atoms with Crippen LogP contribution in [-0.2, 0) is 0 Å². The Hall–Kier alpha value is -3.79. The molecule has 2 aromatic heterocycles. The summed E-state index contributed by atoms with van der Waals surface area (Å²) >= 11 is 0. The third-order valence-corrected chi connectivity index (χ3v) is 8.27. The summed E-state index contributed by atoms with van der Waals surface area (Å²) in [6, 6.07) is 12.2. The number of carbonyl (C=O) groups is 2. The lowest BCUT2D eigenvalue weighted by molar-refractivity contribution is 0.0741. The number of likely N-dealkylation sites (N-methyl/N-ethyl adjacent to an activating group) is 1. The molecule has 5 rings (SSSR count). The summed E-state index contributed by atoms with van der Waals surface area (Å²) < 4.78 is 0. The fourth-order valence-corrected chi connectivity index (χ4v) is 5.49. The zero-order valence-corrected chi connectivity index (χ0v) is 23.6. The number of aromatic nitrogens is 2. The Morgan fingerprint density at radius 1 is 1.05 bits per heavy atom. The van der Waals surface area contributed by atoms with E-state index >= 15 is 0 Å². The van der Waals surface area contributed by atoms with Crippen LogP contribution in [0.3, 0.4) is 0 Å². The lowest BCUT2D eigenvalue weighted by atomic mass is 10.1. The molecule has 2 aliphatic heterocycles. The van der Waals surface area contributed by atoms with Crippen molar-refractivity contribution in [2.45, 2.75) is 32.9 Å². The number of hydrogen-bond donors (Lipinski definition) is 2. The van der Waals surface area contributed by atoms with Crippen LogP contribution >= 0.6 is 0 Å². The van der Waals surface area contributed by atoms with Gasteiger partial charge in [-0.2, -0.15) is 0 Å². The number of benzene rings is 1. The highest BCUT2D eigenvalue weighted by atomic mass is 16.2. The summed E-state index contributed by atoms with van der Waals surface area (Å²) in [5.74, 6) is 0.957. The summed E-state index contributed by atoms with van der Waals surface area (Å²) in [7, 11) is 4.17. The summed E-state index contributed by atoms with van der Waals surface area (Å²) in [5.41, 5.74) is 3.27. The zero-order valence-electron chi connectivity index (χ0n) is 23.6. The van der Waals surface area contributed by atoms with Crippen molar-refractivity contribution in [2.24, 2.45) is 0 Å². The van der Waals surface area contributed by atoms with Gasteiger partial charge < -0.3 is 29.9 Å². The van der Waals surface area contributed by atoms with E-state index in [4.69, 9.17) is 0 Å². The highest BCUT2D eigenvalue weighted by Gasteiger charge is 2.29. The highest BCUT2D eigenvalue weighted by molar-refractivity contribution is 6.00. The van der Waals surface area contributed by atoms with Crippen molar-refractivity contribution < 1.29 is 9.59 Å². The van der Waals surface area contributed by atoms with Gasteiger partial charge in [-0.1, -0.05) is 0 Å². The van der Waals surface area contributed by atoms with Crippen LogP contribution in [0.5, 0.6) is 0 Å². The third kappa shape index (κ3) is 5.52. The van der Waals surface area contributed by atoms with Crippen LogP contribution in [0.2, 0.25) is 0 Å². The summed E-state index contributed by atoms with van der Waals surface area (Å²) in [6.45, 7) is 11.4. The highest BCUT2D eigenvalue weighted by Crippen LogP contribution is 2.27. The largest absolute Gasteiger partial charge is 0.372 e. The Bertz CT molecular complexity index is 1320. The van der Waals surface area contributed by atoms with Crippen molar-refractivity contribution in [3.63, 3.8) is 0 Å². The van der Waals surface area contributed by atoms with Crippen LogP contribution in [-0.4, -0.2) is 109 Å². The molecule has 2 N–H and O–H groups in total. The second-order valence-electron chi connectivity index (χ2n) is 10.8. The maximum Gasteiger partial charge on any atom is 0.321 e. The first-order valence-electron chi connectivity index (χ1n) is 13.9. The van der Waals surface area contributed by atoms with Crippen LogP contribution in [0, 0.1) is 0 Å². The minimum absolute atomic E-state index is 0.0104. The molecule has 39 heavy (non-hydrogen) atoms. The molecule has 10 heteroatoms. The molecule has 0 unspecified atom stereocenters. The van der Waals surface area contributed by atoms with Gasteiger partial charge in [0.2, 0.25) is 0 Å². The SMILES string of the molecule is CCN(C)c1cccnc1N1CCN(C(=O)c2cc3cc(NC(=O)N4C[C@@H](C)N(C)[C@@H](C)C4)ccc3[nH]2)CC1. The van der Waals surface area contributed by atoms with Crippen LogP contribution in [0.4, 0.5) is 22.0 Å². The van der Waals surface area contributed by atoms with Gasteiger partial charge in [0.25, 0.3) is 5.91 Å². The molecular formula is C29H40N8O2. The standard InChI is InChI=1S/C29H40N8O2/c1-6-33(4)26-8-7-11-30-27(26)35-12-14-36(15-13-35)28(38)25-17-22-16-23(9-10-24(22)32-25)31-29(39)37-18-20(2)34(5)21(3)19-37/h7-11,16-17,20-21,32H,6,12-15,18-19H2,1-5H3,(H,31,39)/t20-,21+. The quantitative estimate of drug-likeness (QED) is 0.523. The molecule has 1 aromatic carbocycles. The molecule has 0 radical (unpaired) electrons. The smallest absolute Gasteiger partial charge is 0.321 e. The van der Waals surface area contributed by atoms with Crippen molar-refractivity contribution in [1.29, 1.82) is 0 Å². The average molecular weight is 533 g/mol. The molecule has 0 spiro atoms. The molecular weight excluding hydrogens is 492 g/mol. The van der Waals surface area contributed by atoms with E-state index in [0.29, 0.717) is 44.0 Å². The summed E-state index contributed by atoms with van der Waals surface area (Å²) in [5, 5.41) is 3.94. The van der Waals surface area contributed by atoms with E-state index in [1.165, 1.54) is 0 Å². The number of nitrogens with zero attached hydrogens (tertiary/aromatic N) is 6. The second-order valence-corrected chi connectivity index (χ2v) is 10.8. The second kappa shape index (κ2) is 11.1. The van der Waals surface area contributed by atoms with Crippen molar-refractivity contribution in [2.75, 3.05) is 75.0 Å². The molecule has 3 amide bonds. The lowest BCUT2D eigenvalue weighted by Gasteiger charge is -2.42. The van der Waals surface area contributed by atoms with E-state index in [1.54, 1.807) is 0 Å². The van der Waals surface area contributed by atoms with Gasteiger partial charge in [0.1, 0.15) is 5.69 Å². The molecule has 0 bridgehead atoms. The number of anilines is 3. The van der Waals surface area contributed by atoms with E-state index in [9.17, 15) is 9.59 Å². The topological polar surface area (TPSA) is 91.0 Å². The van der Waals surface area contributed by atoms with E-state index in [2.05, 4.69) is 70.9 Å². The Morgan fingerprint density at radius 3 is 2.46 bits per heavy atom. The summed E-state index contributed by atoms with van der Waals surface area (Å²) in [6.07, 6.45) is 1.83. The molecule has 10 nitrogen and oxygen atoms in total. The molecule has 0 saturated carbocycles. The third-order valence-electron chi connectivity index (χ3n) is 8.27. The van der Waals surface area contributed by atoms with Gasteiger partial charge >= 0.3 is 6.03 Å². The summed E-state index contributed by atoms with van der Waals surface area (Å²) in [4.78, 5) is 44.7. The van der Waals surface area contributed by atoms with Gasteiger partial charge in [-0.25, -0.2) is 9.78 Å². The maximum absolute atomic E-state index is 13.4. The first-order valence-corrected chi connectivity index (χ1v) is 13.9. The van der Waals surface area contributed by atoms with Crippen LogP contribution in [0.1, 0.15) is 31.3 Å². The van der Waals surface area contributed by atoms with Crippen molar-refractivity contribution in [3.05, 3.63) is 48.3 Å². The Labute approximate surface area is 230 Å². The molecule has 208 valence electrons. The number of carbonyl (C=O) groups excluding carboxylic acids is 2. The number of H-pyrrole nitrogens is 1. The minimum atomic E-state index is -0.0907. The molecule has 2 aliphatic rings. The van der Waals surface area contributed by atoms with Gasteiger partial charge in [0.05, 0.1) is 5.69 Å². The number of rotatable bonds is 5. The Balaban J connectivity index is 1.22. The molecule has 2 atom stereocenters. The minimum Gasteiger partial charge on any atom is -0.372 e. The number of fused-ring (bicyclic) bond motifs is 1. The van der Waals surface area contributed by atoms with Crippen LogP contribution in [0.25, 0.3) is 10.9 Å². The van der Waals surface area contributed by atoms with E-state index in [0.717, 1.165) is 47.7 Å². The lowest BCUT2D eigenvalue weighted by Crippen LogP contribution is -2.57. The molecule has 4 heterocycles. The molecule has 0 aliphatic carbocycles. The monoisotopic (exact) mass is 532 g/mol. The fraction of sp³-hybridized carbons (Fsp3) is 0.483. The van der Waals surface area contributed by atoms with E-state index in [1.807, 2.05) is 46.3 Å². The van der Waals surface area contributed by atoms with Gasteiger partial charge in [0, 0.05) is 87.7 Å². The number of pyridine rings is 1. The molecule has 2 saturated heterocycles. The molecule has 3 aromatic rings.